The Bertz CT molecular complexity index is 646. The van der Waals surface area contributed by atoms with Gasteiger partial charge in [0.1, 0.15) is 0 Å². The zero-order valence-electron chi connectivity index (χ0n) is 13.7. The Morgan fingerprint density at radius 3 is 2.70 bits per heavy atom. The first-order valence-corrected chi connectivity index (χ1v) is 9.76. The summed E-state index contributed by atoms with van der Waals surface area (Å²) in [5.41, 5.74) is 2.76. The van der Waals surface area contributed by atoms with E-state index < -0.39 is 10.0 Å². The van der Waals surface area contributed by atoms with Gasteiger partial charge in [0.05, 0.1) is 6.26 Å². The van der Waals surface area contributed by atoms with E-state index >= 15 is 0 Å². The molecule has 1 heterocycles. The van der Waals surface area contributed by atoms with E-state index in [1.165, 1.54) is 11.1 Å². The Kier molecular flexibility index (Phi) is 6.15. The number of amides is 1. The maximum Gasteiger partial charge on any atom is 0.221 e. The second-order valence-corrected chi connectivity index (χ2v) is 7.89. The van der Waals surface area contributed by atoms with Crippen LogP contribution in [0, 0.1) is 0 Å². The number of nitrogens with one attached hydrogen (secondary N) is 2. The van der Waals surface area contributed by atoms with Crippen LogP contribution in [-0.2, 0) is 27.8 Å². The molecule has 1 aromatic rings. The molecule has 23 heavy (non-hydrogen) atoms. The van der Waals surface area contributed by atoms with Gasteiger partial charge in [-0.05, 0) is 24.5 Å². The lowest BCUT2D eigenvalue weighted by molar-refractivity contribution is -0.121. The standard InChI is InChI=1S/C16H25N3O3S/c1-13(11-17-16(20)7-9-18-23(2,21)22)19-10-8-14-5-3-4-6-15(14)12-19/h3-6,13,18H,7-12H2,1-2H3,(H,17,20). The van der Waals surface area contributed by atoms with Crippen molar-refractivity contribution in [1.29, 1.82) is 0 Å². The van der Waals surface area contributed by atoms with E-state index in [4.69, 9.17) is 0 Å². The molecule has 0 aromatic heterocycles. The molecule has 0 bridgehead atoms. The molecule has 0 saturated heterocycles. The minimum Gasteiger partial charge on any atom is -0.355 e. The van der Waals surface area contributed by atoms with Crippen molar-refractivity contribution in [2.75, 3.05) is 25.9 Å². The van der Waals surface area contributed by atoms with Crippen LogP contribution < -0.4 is 10.0 Å². The maximum atomic E-state index is 11.8. The highest BCUT2D eigenvalue weighted by atomic mass is 32.2. The fourth-order valence-electron chi connectivity index (χ4n) is 2.72. The number of carbonyl (C=O) groups excluding carboxylic acids is 1. The van der Waals surface area contributed by atoms with Gasteiger partial charge in [-0.25, -0.2) is 13.1 Å². The summed E-state index contributed by atoms with van der Waals surface area (Å²) in [7, 11) is -3.23. The molecule has 128 valence electrons. The predicted octanol–water partition coefficient (Wildman–Crippen LogP) is 0.489. The van der Waals surface area contributed by atoms with Crippen molar-refractivity contribution in [1.82, 2.24) is 14.9 Å². The molecule has 1 aromatic carbocycles. The molecule has 7 heteroatoms. The molecule has 6 nitrogen and oxygen atoms in total. The molecule has 0 radical (unpaired) electrons. The average Bonchev–Trinajstić information content (AvgIpc) is 2.51. The van der Waals surface area contributed by atoms with Gasteiger partial charge in [-0.3, -0.25) is 9.69 Å². The first kappa shape index (κ1) is 17.9. The van der Waals surface area contributed by atoms with Crippen LogP contribution in [0.5, 0.6) is 0 Å². The van der Waals surface area contributed by atoms with Crippen molar-refractivity contribution in [2.24, 2.45) is 0 Å². The second kappa shape index (κ2) is 7.90. The van der Waals surface area contributed by atoms with Gasteiger partial charge in [0.25, 0.3) is 0 Å². The first-order chi connectivity index (χ1) is 10.8. The zero-order chi connectivity index (χ0) is 16.9. The largest absolute Gasteiger partial charge is 0.355 e. The third kappa shape index (κ3) is 5.93. The molecule has 1 unspecified atom stereocenters. The third-order valence-electron chi connectivity index (χ3n) is 4.09. The number of nitrogens with zero attached hydrogens (tertiary/aromatic N) is 1. The highest BCUT2D eigenvalue weighted by Crippen LogP contribution is 2.19. The summed E-state index contributed by atoms with van der Waals surface area (Å²) in [6, 6.07) is 8.71. The van der Waals surface area contributed by atoms with E-state index in [1.807, 2.05) is 0 Å². The Balaban J connectivity index is 1.73. The van der Waals surface area contributed by atoms with Crippen molar-refractivity contribution in [3.8, 4) is 0 Å². The SMILES string of the molecule is CC(CNC(=O)CCNS(C)(=O)=O)N1CCc2ccccc2C1. The summed E-state index contributed by atoms with van der Waals surface area (Å²) in [4.78, 5) is 14.1. The van der Waals surface area contributed by atoms with E-state index in [1.54, 1.807) is 0 Å². The number of sulfonamides is 1. The molecular formula is C16H25N3O3S. The van der Waals surface area contributed by atoms with Crippen molar-refractivity contribution in [2.45, 2.75) is 32.4 Å². The molecule has 0 aliphatic carbocycles. The topological polar surface area (TPSA) is 78.5 Å². The minimum atomic E-state index is -3.23. The van der Waals surface area contributed by atoms with Gasteiger partial charge in [-0.1, -0.05) is 24.3 Å². The van der Waals surface area contributed by atoms with Gasteiger partial charge in [0.2, 0.25) is 15.9 Å². The fourth-order valence-corrected chi connectivity index (χ4v) is 3.20. The van der Waals surface area contributed by atoms with Gasteiger partial charge in [-0.2, -0.15) is 0 Å². The number of hydrogen-bond acceptors (Lipinski definition) is 4. The number of rotatable bonds is 7. The zero-order valence-corrected chi connectivity index (χ0v) is 14.5. The molecule has 1 aliphatic rings. The van der Waals surface area contributed by atoms with Crippen LogP contribution in [0.1, 0.15) is 24.5 Å². The summed E-state index contributed by atoms with van der Waals surface area (Å²) < 4.78 is 24.2. The number of hydrogen-bond donors (Lipinski definition) is 2. The van der Waals surface area contributed by atoms with E-state index in [-0.39, 0.29) is 24.9 Å². The van der Waals surface area contributed by atoms with Crippen molar-refractivity contribution in [3.63, 3.8) is 0 Å². The van der Waals surface area contributed by atoms with Gasteiger partial charge >= 0.3 is 0 Å². The molecule has 2 rings (SSSR count). The molecule has 1 atom stereocenters. The van der Waals surface area contributed by atoms with Gasteiger partial charge in [0.15, 0.2) is 0 Å². The predicted molar refractivity (Wildman–Crippen MR) is 90.5 cm³/mol. The van der Waals surface area contributed by atoms with E-state index in [9.17, 15) is 13.2 Å². The lowest BCUT2D eigenvalue weighted by Crippen LogP contribution is -2.44. The first-order valence-electron chi connectivity index (χ1n) is 7.87. The van der Waals surface area contributed by atoms with Crippen LogP contribution in [0.2, 0.25) is 0 Å². The summed E-state index contributed by atoms with van der Waals surface area (Å²) in [6.45, 7) is 4.70. The molecule has 1 aliphatic heterocycles. The Morgan fingerprint density at radius 2 is 2.00 bits per heavy atom. The van der Waals surface area contributed by atoms with E-state index in [0.29, 0.717) is 6.54 Å². The Labute approximate surface area is 138 Å². The molecule has 0 fully saturated rings. The van der Waals surface area contributed by atoms with E-state index in [2.05, 4.69) is 46.1 Å². The summed E-state index contributed by atoms with van der Waals surface area (Å²) in [5, 5.41) is 2.87. The quantitative estimate of drug-likeness (QED) is 0.758. The van der Waals surface area contributed by atoms with Crippen LogP contribution in [0.25, 0.3) is 0 Å². The van der Waals surface area contributed by atoms with Crippen molar-refractivity contribution >= 4 is 15.9 Å². The summed E-state index contributed by atoms with van der Waals surface area (Å²) in [5.74, 6) is -0.134. The van der Waals surface area contributed by atoms with Gasteiger partial charge in [-0.15, -0.1) is 0 Å². The fraction of sp³-hybridized carbons (Fsp3) is 0.562. The average molecular weight is 339 g/mol. The maximum absolute atomic E-state index is 11.8. The van der Waals surface area contributed by atoms with Crippen LogP contribution in [-0.4, -0.2) is 51.2 Å². The van der Waals surface area contributed by atoms with Gasteiger partial charge < -0.3 is 5.32 Å². The smallest absolute Gasteiger partial charge is 0.221 e. The monoisotopic (exact) mass is 339 g/mol. The highest BCUT2D eigenvalue weighted by Gasteiger charge is 2.20. The summed E-state index contributed by atoms with van der Waals surface area (Å²) in [6.07, 6.45) is 2.27. The molecule has 0 spiro atoms. The van der Waals surface area contributed by atoms with Crippen LogP contribution >= 0.6 is 0 Å². The Hall–Kier alpha value is -1.44. The number of benzene rings is 1. The van der Waals surface area contributed by atoms with Crippen LogP contribution in [0.4, 0.5) is 0 Å². The number of fused-ring (bicyclic) bond motifs is 1. The van der Waals surface area contributed by atoms with E-state index in [0.717, 1.165) is 25.8 Å². The molecule has 1 amide bonds. The van der Waals surface area contributed by atoms with Crippen LogP contribution in [0.3, 0.4) is 0 Å². The normalized spacial score (nSPS) is 16.6. The van der Waals surface area contributed by atoms with Crippen molar-refractivity contribution in [3.05, 3.63) is 35.4 Å². The van der Waals surface area contributed by atoms with Gasteiger partial charge in [0, 0.05) is 38.6 Å². The Morgan fingerprint density at radius 1 is 1.30 bits per heavy atom. The number of carbonyl (C=O) groups is 1. The van der Waals surface area contributed by atoms with Crippen molar-refractivity contribution < 1.29 is 13.2 Å². The molecular weight excluding hydrogens is 314 g/mol. The lowest BCUT2D eigenvalue weighted by atomic mass is 9.99. The molecule has 0 saturated carbocycles. The highest BCUT2D eigenvalue weighted by molar-refractivity contribution is 7.88. The second-order valence-electron chi connectivity index (χ2n) is 6.06. The van der Waals surface area contributed by atoms with Crippen LogP contribution in [0.15, 0.2) is 24.3 Å². The third-order valence-corrected chi connectivity index (χ3v) is 4.82. The summed E-state index contributed by atoms with van der Waals surface area (Å²) >= 11 is 0. The molecule has 2 N–H and O–H groups in total. The minimum absolute atomic E-state index is 0.134. The lowest BCUT2D eigenvalue weighted by Gasteiger charge is -2.33.